The fourth-order valence-corrected chi connectivity index (χ4v) is 3.56. The Kier molecular flexibility index (Phi) is 8.49. The summed E-state index contributed by atoms with van der Waals surface area (Å²) in [5, 5.41) is 0. The summed E-state index contributed by atoms with van der Waals surface area (Å²) in [7, 11) is 3.31. The third-order valence-corrected chi connectivity index (χ3v) is 4.94. The average molecular weight is 460 g/mol. The number of methoxy groups -OCH3 is 2. The van der Waals surface area contributed by atoms with Crippen LogP contribution in [0.25, 0.3) is 0 Å². The lowest BCUT2D eigenvalue weighted by Crippen LogP contribution is -3.00. The Labute approximate surface area is 156 Å². The van der Waals surface area contributed by atoms with E-state index in [0.717, 1.165) is 59.8 Å². The molecule has 0 N–H and O–H groups in total. The van der Waals surface area contributed by atoms with Gasteiger partial charge in [0.15, 0.2) is 11.5 Å². The molecule has 1 aliphatic rings. The summed E-state index contributed by atoms with van der Waals surface area (Å²) < 4.78 is 18.2. The second kappa shape index (κ2) is 9.33. The second-order valence-electron chi connectivity index (χ2n) is 5.27. The number of alkyl halides is 1. The van der Waals surface area contributed by atoms with Gasteiger partial charge in [-0.25, -0.2) is 0 Å². The van der Waals surface area contributed by atoms with E-state index in [-0.39, 0.29) is 17.0 Å². The molecule has 1 heterocycles. The van der Waals surface area contributed by atoms with E-state index in [4.69, 9.17) is 25.8 Å². The van der Waals surface area contributed by atoms with Crippen LogP contribution in [0.5, 0.6) is 11.5 Å². The van der Waals surface area contributed by atoms with E-state index in [1.165, 1.54) is 5.56 Å². The zero-order valence-electron chi connectivity index (χ0n) is 12.9. The maximum Gasteiger partial charge on any atom is 0.161 e. The molecule has 0 atom stereocenters. The summed E-state index contributed by atoms with van der Waals surface area (Å²) in [4.78, 5) is 0. The number of ether oxygens (including phenoxy) is 3. The lowest BCUT2D eigenvalue weighted by atomic mass is 10.1. The molecule has 1 saturated heterocycles. The fraction of sp³-hybridized carbons (Fsp3) is 0.600. The van der Waals surface area contributed by atoms with Gasteiger partial charge in [0, 0.05) is 10.0 Å². The van der Waals surface area contributed by atoms with Crippen molar-refractivity contribution in [2.24, 2.45) is 0 Å². The SMILES string of the molecule is COc1cc(Br)c(C[N+]2(CCCl)CCOCC2)cc1OC.[Br-]. The monoisotopic (exact) mass is 457 g/mol. The molecule has 0 aromatic heterocycles. The molecule has 4 nitrogen and oxygen atoms in total. The third-order valence-electron chi connectivity index (χ3n) is 4.04. The molecule has 0 aliphatic carbocycles. The van der Waals surface area contributed by atoms with Crippen LogP contribution >= 0.6 is 27.5 Å². The first-order valence-electron chi connectivity index (χ1n) is 7.03. The van der Waals surface area contributed by atoms with Crippen molar-refractivity contribution >= 4 is 27.5 Å². The highest BCUT2D eigenvalue weighted by Crippen LogP contribution is 2.35. The molecule has 0 spiro atoms. The van der Waals surface area contributed by atoms with E-state index in [1.54, 1.807) is 14.2 Å². The van der Waals surface area contributed by atoms with Gasteiger partial charge in [0.1, 0.15) is 19.6 Å². The van der Waals surface area contributed by atoms with Crippen LogP contribution < -0.4 is 26.5 Å². The van der Waals surface area contributed by atoms with Crippen LogP contribution in [-0.4, -0.2) is 57.4 Å². The highest BCUT2D eigenvalue weighted by atomic mass is 79.9. The molecule has 1 aliphatic heterocycles. The van der Waals surface area contributed by atoms with E-state index in [2.05, 4.69) is 15.9 Å². The maximum absolute atomic E-state index is 6.02. The Morgan fingerprint density at radius 1 is 1.18 bits per heavy atom. The number of hydrogen-bond acceptors (Lipinski definition) is 3. The summed E-state index contributed by atoms with van der Waals surface area (Å²) in [6.07, 6.45) is 0. The third kappa shape index (κ3) is 4.74. The zero-order chi connectivity index (χ0) is 15.3. The molecule has 0 unspecified atom stereocenters. The summed E-state index contributed by atoms with van der Waals surface area (Å²) in [6, 6.07) is 4.01. The molecule has 22 heavy (non-hydrogen) atoms. The van der Waals surface area contributed by atoms with Crippen LogP contribution in [0.2, 0.25) is 0 Å². The van der Waals surface area contributed by atoms with Crippen molar-refractivity contribution in [3.8, 4) is 11.5 Å². The first kappa shape index (κ1) is 20.0. The van der Waals surface area contributed by atoms with Crippen molar-refractivity contribution < 1.29 is 35.7 Å². The number of quaternary nitrogens is 1. The topological polar surface area (TPSA) is 27.7 Å². The number of hydrogen-bond donors (Lipinski definition) is 0. The number of benzene rings is 1. The Balaban J connectivity index is 0.00000242. The van der Waals surface area contributed by atoms with Gasteiger partial charge in [-0.05, 0) is 12.1 Å². The van der Waals surface area contributed by atoms with Crippen molar-refractivity contribution in [2.45, 2.75) is 6.54 Å². The summed E-state index contributed by atoms with van der Waals surface area (Å²) in [5.74, 6) is 2.15. The van der Waals surface area contributed by atoms with Gasteiger partial charge in [0.2, 0.25) is 0 Å². The lowest BCUT2D eigenvalue weighted by molar-refractivity contribution is -0.945. The molecule has 0 saturated carbocycles. The van der Waals surface area contributed by atoms with Gasteiger partial charge in [0.05, 0.1) is 39.9 Å². The predicted molar refractivity (Wildman–Crippen MR) is 87.4 cm³/mol. The van der Waals surface area contributed by atoms with Crippen molar-refractivity contribution in [3.05, 3.63) is 22.2 Å². The number of rotatable bonds is 6. The van der Waals surface area contributed by atoms with Gasteiger partial charge < -0.3 is 35.7 Å². The maximum atomic E-state index is 6.02. The molecule has 1 fully saturated rings. The molecule has 1 aromatic carbocycles. The standard InChI is InChI=1S/C15H22BrClNO3.BrH/c1-19-14-9-12(13(16)10-15(14)20-2)11-18(4-3-17)5-7-21-8-6-18;/h9-10H,3-8,11H2,1-2H3;1H/q+1;/p-1. The second-order valence-corrected chi connectivity index (χ2v) is 6.50. The Bertz CT molecular complexity index is 477. The Morgan fingerprint density at radius 3 is 2.32 bits per heavy atom. The molecule has 126 valence electrons. The number of halogens is 3. The number of nitrogens with zero attached hydrogens (tertiary/aromatic N) is 1. The van der Waals surface area contributed by atoms with Gasteiger partial charge in [-0.15, -0.1) is 11.6 Å². The lowest BCUT2D eigenvalue weighted by Gasteiger charge is -2.41. The van der Waals surface area contributed by atoms with Gasteiger partial charge in [0.25, 0.3) is 0 Å². The highest BCUT2D eigenvalue weighted by molar-refractivity contribution is 9.10. The van der Waals surface area contributed by atoms with Crippen LogP contribution in [-0.2, 0) is 11.3 Å². The zero-order valence-corrected chi connectivity index (χ0v) is 16.8. The largest absolute Gasteiger partial charge is 1.00 e. The molecular weight excluding hydrogens is 437 g/mol. The minimum absolute atomic E-state index is 0. The van der Waals surface area contributed by atoms with Crippen LogP contribution in [0.4, 0.5) is 0 Å². The van der Waals surface area contributed by atoms with Crippen LogP contribution in [0, 0.1) is 0 Å². The van der Waals surface area contributed by atoms with Crippen molar-refractivity contribution in [3.63, 3.8) is 0 Å². The van der Waals surface area contributed by atoms with E-state index in [0.29, 0.717) is 5.88 Å². The normalized spacial score (nSPS) is 16.7. The van der Waals surface area contributed by atoms with Crippen molar-refractivity contribution in [2.75, 3.05) is 52.9 Å². The van der Waals surface area contributed by atoms with Gasteiger partial charge in [-0.3, -0.25) is 0 Å². The first-order valence-corrected chi connectivity index (χ1v) is 8.36. The average Bonchev–Trinajstić information content (AvgIpc) is 2.50. The van der Waals surface area contributed by atoms with Crippen LogP contribution in [0.15, 0.2) is 16.6 Å². The molecular formula is C15H22Br2ClNO3. The molecule has 0 radical (unpaired) electrons. The van der Waals surface area contributed by atoms with Crippen molar-refractivity contribution in [1.82, 2.24) is 0 Å². The van der Waals surface area contributed by atoms with Crippen LogP contribution in [0.1, 0.15) is 5.56 Å². The van der Waals surface area contributed by atoms with E-state index < -0.39 is 0 Å². The quantitative estimate of drug-likeness (QED) is 0.445. The summed E-state index contributed by atoms with van der Waals surface area (Å²) in [5.41, 5.74) is 1.21. The molecule has 1 aromatic rings. The van der Waals surface area contributed by atoms with Crippen LogP contribution in [0.3, 0.4) is 0 Å². The molecule has 0 bridgehead atoms. The van der Waals surface area contributed by atoms with Gasteiger partial charge in [-0.1, -0.05) is 15.9 Å². The molecule has 7 heteroatoms. The first-order chi connectivity index (χ1) is 10.1. The van der Waals surface area contributed by atoms with E-state index >= 15 is 0 Å². The smallest absolute Gasteiger partial charge is 0.161 e. The van der Waals surface area contributed by atoms with Gasteiger partial charge >= 0.3 is 0 Å². The fourth-order valence-electron chi connectivity index (χ4n) is 2.75. The summed E-state index contributed by atoms with van der Waals surface area (Å²) >= 11 is 9.67. The minimum atomic E-state index is 0. The predicted octanol–water partition coefficient (Wildman–Crippen LogP) is 0.0561. The van der Waals surface area contributed by atoms with E-state index in [1.807, 2.05) is 12.1 Å². The summed E-state index contributed by atoms with van der Waals surface area (Å²) in [6.45, 7) is 5.44. The van der Waals surface area contributed by atoms with E-state index in [9.17, 15) is 0 Å². The number of morpholine rings is 1. The Hall–Kier alpha value is -0.0100. The van der Waals surface area contributed by atoms with Crippen molar-refractivity contribution in [1.29, 1.82) is 0 Å². The highest BCUT2D eigenvalue weighted by Gasteiger charge is 2.31. The molecule has 2 rings (SSSR count). The Morgan fingerprint density at radius 2 is 1.77 bits per heavy atom. The molecule has 0 amide bonds. The van der Waals surface area contributed by atoms with Gasteiger partial charge in [-0.2, -0.15) is 0 Å². The minimum Gasteiger partial charge on any atom is -1.00 e.